The Balaban J connectivity index is 1.71. The molecule has 3 atom stereocenters. The highest BCUT2D eigenvalue weighted by molar-refractivity contribution is 5.46. The minimum Gasteiger partial charge on any atom is -0.300 e. The Hall–Kier alpha value is -2.11. The summed E-state index contributed by atoms with van der Waals surface area (Å²) in [5.74, 6) is 0.619. The van der Waals surface area contributed by atoms with Crippen LogP contribution in [0.3, 0.4) is 0 Å². The van der Waals surface area contributed by atoms with Gasteiger partial charge in [-0.15, -0.1) is 0 Å². The van der Waals surface area contributed by atoms with Gasteiger partial charge in [-0.1, -0.05) is 60.7 Å². The number of nitriles is 1. The van der Waals surface area contributed by atoms with Gasteiger partial charge in [0.15, 0.2) is 0 Å². The number of benzene rings is 2. The molecule has 0 N–H and O–H groups in total. The largest absolute Gasteiger partial charge is 0.300 e. The summed E-state index contributed by atoms with van der Waals surface area (Å²) in [6, 6.07) is 25.0. The molecule has 0 amide bonds. The Morgan fingerprint density at radius 1 is 0.920 bits per heavy atom. The molecule has 25 heavy (non-hydrogen) atoms. The number of fused-ring (bicyclic) bond motifs is 2. The molecule has 2 aliphatic heterocycles. The molecule has 2 saturated heterocycles. The van der Waals surface area contributed by atoms with Crippen LogP contribution < -0.4 is 0 Å². The van der Waals surface area contributed by atoms with Crippen molar-refractivity contribution >= 4 is 0 Å². The maximum Gasteiger partial charge on any atom is 0.107 e. The molecule has 2 aromatic rings. The Bertz CT molecular complexity index is 693. The summed E-state index contributed by atoms with van der Waals surface area (Å²) in [5, 5.41) is 10.4. The van der Waals surface area contributed by atoms with Gasteiger partial charge in [-0.2, -0.15) is 5.26 Å². The molecule has 128 valence electrons. The molecule has 2 aliphatic rings. The van der Waals surface area contributed by atoms with E-state index in [-0.39, 0.29) is 0 Å². The lowest BCUT2D eigenvalue weighted by atomic mass is 9.68. The smallest absolute Gasteiger partial charge is 0.107 e. The third-order valence-corrected chi connectivity index (χ3v) is 6.51. The summed E-state index contributed by atoms with van der Waals surface area (Å²) in [4.78, 5) is 2.58. The predicted molar refractivity (Wildman–Crippen MR) is 101 cm³/mol. The van der Waals surface area contributed by atoms with Gasteiger partial charge in [0.2, 0.25) is 0 Å². The predicted octanol–water partition coefficient (Wildman–Crippen LogP) is 4.76. The zero-order valence-corrected chi connectivity index (χ0v) is 14.9. The van der Waals surface area contributed by atoms with E-state index in [4.69, 9.17) is 0 Å². The van der Waals surface area contributed by atoms with Crippen LogP contribution in [0.15, 0.2) is 60.7 Å². The Kier molecular flexibility index (Phi) is 4.36. The number of nitrogens with zero attached hydrogens (tertiary/aromatic N) is 2. The summed E-state index contributed by atoms with van der Waals surface area (Å²) in [6.07, 6.45) is 6.05. The van der Waals surface area contributed by atoms with Crippen molar-refractivity contribution in [3.05, 3.63) is 71.8 Å². The monoisotopic (exact) mass is 330 g/mol. The van der Waals surface area contributed by atoms with Crippen LogP contribution in [0.2, 0.25) is 0 Å². The highest BCUT2D eigenvalue weighted by atomic mass is 15.2. The number of piperidine rings is 1. The van der Waals surface area contributed by atoms with Gasteiger partial charge < -0.3 is 4.90 Å². The number of rotatable bonds is 4. The number of hydrogen-bond donors (Lipinski definition) is 0. The maximum absolute atomic E-state index is 10.4. The van der Waals surface area contributed by atoms with Crippen LogP contribution in [0.25, 0.3) is 0 Å². The van der Waals surface area contributed by atoms with E-state index in [1.165, 1.54) is 25.7 Å². The second-order valence-corrected chi connectivity index (χ2v) is 7.84. The first-order valence-corrected chi connectivity index (χ1v) is 9.47. The summed E-state index contributed by atoms with van der Waals surface area (Å²) in [5.41, 5.74) is 1.73. The van der Waals surface area contributed by atoms with E-state index in [1.54, 1.807) is 0 Å². The molecule has 0 spiro atoms. The minimum absolute atomic E-state index is 0.539. The van der Waals surface area contributed by atoms with Crippen LogP contribution in [0.4, 0.5) is 0 Å². The van der Waals surface area contributed by atoms with Gasteiger partial charge in [0.1, 0.15) is 5.41 Å². The van der Waals surface area contributed by atoms with Crippen molar-refractivity contribution in [2.75, 3.05) is 7.05 Å². The van der Waals surface area contributed by atoms with Gasteiger partial charge in [0, 0.05) is 12.1 Å². The standard InChI is InChI=1S/C23H26N2/c1-25-21-12-13-22(25)15-18(14-21)16-23(17-24,19-8-4-2-5-9-19)20-10-6-3-7-11-20/h2-11,18,21-22H,12-16H2,1H3/t18-,21+,22-. The lowest BCUT2D eigenvalue weighted by Crippen LogP contribution is -2.42. The van der Waals surface area contributed by atoms with Crippen LogP contribution in [0.1, 0.15) is 43.2 Å². The molecule has 0 aliphatic carbocycles. The zero-order valence-electron chi connectivity index (χ0n) is 14.9. The fourth-order valence-corrected chi connectivity index (χ4v) is 5.15. The first-order chi connectivity index (χ1) is 12.2. The maximum atomic E-state index is 10.4. The molecule has 0 radical (unpaired) electrons. The molecule has 2 aromatic carbocycles. The summed E-state index contributed by atoms with van der Waals surface area (Å²) >= 11 is 0. The molecular formula is C23H26N2. The molecule has 2 heterocycles. The molecule has 2 fully saturated rings. The quantitative estimate of drug-likeness (QED) is 0.808. The van der Waals surface area contributed by atoms with E-state index >= 15 is 0 Å². The normalized spacial score (nSPS) is 26.3. The van der Waals surface area contributed by atoms with E-state index in [1.807, 2.05) is 12.1 Å². The fourth-order valence-electron chi connectivity index (χ4n) is 5.15. The zero-order chi connectivity index (χ0) is 17.3. The molecule has 0 unspecified atom stereocenters. The molecule has 2 nitrogen and oxygen atoms in total. The van der Waals surface area contributed by atoms with Gasteiger partial charge in [0.25, 0.3) is 0 Å². The minimum atomic E-state index is -0.539. The van der Waals surface area contributed by atoms with Crippen LogP contribution in [-0.2, 0) is 5.41 Å². The van der Waals surface area contributed by atoms with Crippen molar-refractivity contribution in [1.29, 1.82) is 5.26 Å². The topological polar surface area (TPSA) is 27.0 Å². The Labute approximate surface area is 151 Å². The van der Waals surface area contributed by atoms with Crippen molar-refractivity contribution in [3.63, 3.8) is 0 Å². The SMILES string of the molecule is CN1[C@@H]2CC[C@H]1C[C@@H](CC(C#N)(c1ccccc1)c1ccccc1)C2. The third kappa shape index (κ3) is 2.87. The van der Waals surface area contributed by atoms with Gasteiger partial charge in [-0.25, -0.2) is 0 Å². The summed E-state index contributed by atoms with van der Waals surface area (Å²) < 4.78 is 0. The van der Waals surface area contributed by atoms with Gasteiger partial charge >= 0.3 is 0 Å². The van der Waals surface area contributed by atoms with Crippen molar-refractivity contribution in [2.24, 2.45) is 5.92 Å². The average molecular weight is 330 g/mol. The van der Waals surface area contributed by atoms with E-state index < -0.39 is 5.41 Å². The lowest BCUT2D eigenvalue weighted by molar-refractivity contribution is 0.123. The first kappa shape index (κ1) is 16.4. The van der Waals surface area contributed by atoms with Crippen molar-refractivity contribution < 1.29 is 0 Å². The van der Waals surface area contributed by atoms with Crippen molar-refractivity contribution in [2.45, 2.75) is 49.6 Å². The van der Waals surface area contributed by atoms with E-state index in [2.05, 4.69) is 66.5 Å². The molecule has 0 saturated carbocycles. The third-order valence-electron chi connectivity index (χ3n) is 6.51. The van der Waals surface area contributed by atoms with Crippen LogP contribution in [0.5, 0.6) is 0 Å². The molecular weight excluding hydrogens is 304 g/mol. The molecule has 2 bridgehead atoms. The van der Waals surface area contributed by atoms with Gasteiger partial charge in [-0.05, 0) is 56.2 Å². The molecule has 2 heteroatoms. The average Bonchev–Trinajstić information content (AvgIpc) is 2.88. The van der Waals surface area contributed by atoms with Gasteiger partial charge in [-0.3, -0.25) is 0 Å². The Morgan fingerprint density at radius 3 is 1.84 bits per heavy atom. The molecule has 0 aromatic heterocycles. The van der Waals surface area contributed by atoms with E-state index in [9.17, 15) is 5.26 Å². The van der Waals surface area contributed by atoms with E-state index in [0.29, 0.717) is 18.0 Å². The summed E-state index contributed by atoms with van der Waals surface area (Å²) in [7, 11) is 2.28. The van der Waals surface area contributed by atoms with Crippen LogP contribution in [-0.4, -0.2) is 24.0 Å². The van der Waals surface area contributed by atoms with Crippen molar-refractivity contribution in [3.8, 4) is 6.07 Å². The van der Waals surface area contributed by atoms with Crippen LogP contribution in [0, 0.1) is 17.2 Å². The first-order valence-electron chi connectivity index (χ1n) is 9.47. The van der Waals surface area contributed by atoms with E-state index in [0.717, 1.165) is 17.5 Å². The molecule has 4 rings (SSSR count). The summed E-state index contributed by atoms with van der Waals surface area (Å²) in [6.45, 7) is 0. The highest BCUT2D eigenvalue weighted by Gasteiger charge is 2.43. The fraction of sp³-hybridized carbons (Fsp3) is 0.435. The Morgan fingerprint density at radius 2 is 1.40 bits per heavy atom. The highest BCUT2D eigenvalue weighted by Crippen LogP contribution is 2.45. The second-order valence-electron chi connectivity index (χ2n) is 7.84. The second kappa shape index (κ2) is 6.65. The lowest BCUT2D eigenvalue weighted by Gasteiger charge is -2.40. The van der Waals surface area contributed by atoms with Crippen molar-refractivity contribution in [1.82, 2.24) is 4.90 Å². The van der Waals surface area contributed by atoms with Gasteiger partial charge in [0.05, 0.1) is 6.07 Å². The number of hydrogen-bond acceptors (Lipinski definition) is 2. The van der Waals surface area contributed by atoms with Crippen LogP contribution >= 0.6 is 0 Å².